The van der Waals surface area contributed by atoms with Crippen LogP contribution in [0.4, 0.5) is 0 Å². The van der Waals surface area contributed by atoms with E-state index in [2.05, 4.69) is 6.07 Å². The second-order valence-electron chi connectivity index (χ2n) is 4.41. The normalized spacial score (nSPS) is 17.2. The van der Waals surface area contributed by atoms with Gasteiger partial charge in [-0.05, 0) is 41.8 Å². The van der Waals surface area contributed by atoms with Gasteiger partial charge in [0.15, 0.2) is 0 Å². The van der Waals surface area contributed by atoms with E-state index in [1.165, 1.54) is 0 Å². The summed E-state index contributed by atoms with van der Waals surface area (Å²) >= 11 is 12.1. The van der Waals surface area contributed by atoms with E-state index in [4.69, 9.17) is 23.2 Å². The highest BCUT2D eigenvalue weighted by Crippen LogP contribution is 2.40. The Balaban J connectivity index is 2.34. The van der Waals surface area contributed by atoms with Crippen molar-refractivity contribution in [1.29, 1.82) is 0 Å². The highest BCUT2D eigenvalue weighted by atomic mass is 35.5. The number of hydrogen-bond acceptors (Lipinski definition) is 1. The SMILES string of the molecule is Cc1ccc2c(c1)-c1cc(Cl)c(Cl)cc1CS2=O. The number of hydrogen-bond donors (Lipinski definition) is 0. The minimum atomic E-state index is -1.00. The number of aryl methyl sites for hydroxylation is 1. The molecule has 0 spiro atoms. The van der Waals surface area contributed by atoms with Crippen molar-refractivity contribution in [2.24, 2.45) is 0 Å². The van der Waals surface area contributed by atoms with Crippen LogP contribution in [0.2, 0.25) is 10.0 Å². The van der Waals surface area contributed by atoms with Crippen LogP contribution in [0.15, 0.2) is 35.2 Å². The Kier molecular flexibility index (Phi) is 2.97. The second kappa shape index (κ2) is 4.37. The molecule has 0 saturated heterocycles. The van der Waals surface area contributed by atoms with Crippen LogP contribution >= 0.6 is 23.2 Å². The van der Waals surface area contributed by atoms with E-state index in [0.29, 0.717) is 15.8 Å². The highest BCUT2D eigenvalue weighted by molar-refractivity contribution is 7.84. The van der Waals surface area contributed by atoms with E-state index in [9.17, 15) is 4.21 Å². The predicted octanol–water partition coefficient (Wildman–Crippen LogP) is 4.59. The number of benzene rings is 2. The van der Waals surface area contributed by atoms with Crippen molar-refractivity contribution < 1.29 is 4.21 Å². The Hall–Kier alpha value is -0.830. The summed E-state index contributed by atoms with van der Waals surface area (Å²) in [5, 5.41) is 1.05. The molecule has 1 aliphatic rings. The lowest BCUT2D eigenvalue weighted by Gasteiger charge is -2.20. The third-order valence-corrected chi connectivity index (χ3v) is 5.25. The van der Waals surface area contributed by atoms with Gasteiger partial charge in [0.05, 0.1) is 26.6 Å². The van der Waals surface area contributed by atoms with Crippen molar-refractivity contribution in [3.05, 3.63) is 51.5 Å². The van der Waals surface area contributed by atoms with Gasteiger partial charge in [0.25, 0.3) is 0 Å². The first-order valence-electron chi connectivity index (χ1n) is 5.53. The molecule has 0 radical (unpaired) electrons. The van der Waals surface area contributed by atoms with Gasteiger partial charge in [0, 0.05) is 4.90 Å². The number of rotatable bonds is 0. The first-order valence-corrected chi connectivity index (χ1v) is 7.61. The van der Waals surface area contributed by atoms with Gasteiger partial charge in [0.1, 0.15) is 0 Å². The van der Waals surface area contributed by atoms with Crippen LogP contribution < -0.4 is 0 Å². The van der Waals surface area contributed by atoms with Crippen LogP contribution in [0.3, 0.4) is 0 Å². The molecule has 0 aliphatic carbocycles. The van der Waals surface area contributed by atoms with Crippen molar-refractivity contribution in [2.75, 3.05) is 0 Å². The molecule has 1 heterocycles. The monoisotopic (exact) mass is 296 g/mol. The zero-order chi connectivity index (χ0) is 12.9. The quantitative estimate of drug-likeness (QED) is 0.695. The molecule has 0 fully saturated rings. The topological polar surface area (TPSA) is 17.1 Å². The minimum Gasteiger partial charge on any atom is -0.254 e. The van der Waals surface area contributed by atoms with Gasteiger partial charge >= 0.3 is 0 Å². The standard InChI is InChI=1S/C14H10Cl2OS/c1-8-2-3-14-11(4-8)10-6-13(16)12(15)5-9(10)7-18(14)17/h2-6H,7H2,1H3. The fraction of sp³-hybridized carbons (Fsp3) is 0.143. The Labute approximate surface area is 118 Å². The highest BCUT2D eigenvalue weighted by Gasteiger charge is 2.22. The Bertz CT molecular complexity index is 680. The summed E-state index contributed by atoms with van der Waals surface area (Å²) in [6.07, 6.45) is 0. The maximum atomic E-state index is 12.2. The molecule has 2 aromatic rings. The van der Waals surface area contributed by atoms with Crippen LogP contribution in [0.5, 0.6) is 0 Å². The predicted molar refractivity (Wildman–Crippen MR) is 76.7 cm³/mol. The van der Waals surface area contributed by atoms with Gasteiger partial charge in [-0.1, -0.05) is 40.9 Å². The third-order valence-electron chi connectivity index (χ3n) is 3.10. The lowest BCUT2D eigenvalue weighted by atomic mass is 9.98. The van der Waals surface area contributed by atoms with E-state index in [-0.39, 0.29) is 0 Å². The first kappa shape index (κ1) is 12.2. The fourth-order valence-electron chi connectivity index (χ4n) is 2.23. The van der Waals surface area contributed by atoms with E-state index < -0.39 is 10.8 Å². The van der Waals surface area contributed by atoms with Gasteiger partial charge in [-0.15, -0.1) is 0 Å². The zero-order valence-corrected chi connectivity index (χ0v) is 12.0. The van der Waals surface area contributed by atoms with Gasteiger partial charge in [0.2, 0.25) is 0 Å². The van der Waals surface area contributed by atoms with E-state index in [1.54, 1.807) is 0 Å². The zero-order valence-electron chi connectivity index (χ0n) is 9.67. The lowest BCUT2D eigenvalue weighted by molar-refractivity contribution is 0.682. The van der Waals surface area contributed by atoms with Crippen molar-refractivity contribution >= 4 is 34.0 Å². The van der Waals surface area contributed by atoms with Crippen LogP contribution in [0, 0.1) is 6.92 Å². The maximum absolute atomic E-state index is 12.2. The summed E-state index contributed by atoms with van der Waals surface area (Å²) in [7, 11) is -1.00. The molecule has 1 atom stereocenters. The van der Waals surface area contributed by atoms with Gasteiger partial charge < -0.3 is 0 Å². The summed E-state index contributed by atoms with van der Waals surface area (Å²) in [6, 6.07) is 9.66. The average Bonchev–Trinajstić information content (AvgIpc) is 2.32. The molecule has 0 bridgehead atoms. The fourth-order valence-corrected chi connectivity index (χ4v) is 3.89. The molecule has 1 unspecified atom stereocenters. The molecule has 0 amide bonds. The molecule has 1 aliphatic heterocycles. The summed E-state index contributed by atoms with van der Waals surface area (Å²) in [5.74, 6) is 0.502. The summed E-state index contributed by atoms with van der Waals surface area (Å²) in [6.45, 7) is 2.02. The van der Waals surface area contributed by atoms with Crippen molar-refractivity contribution in [3.8, 4) is 11.1 Å². The summed E-state index contributed by atoms with van der Waals surface area (Å²) in [5.41, 5.74) is 4.20. The molecular weight excluding hydrogens is 287 g/mol. The maximum Gasteiger partial charge on any atom is 0.0598 e. The third kappa shape index (κ3) is 1.89. The summed E-state index contributed by atoms with van der Waals surface area (Å²) in [4.78, 5) is 0.881. The van der Waals surface area contributed by atoms with Crippen molar-refractivity contribution in [2.45, 2.75) is 17.6 Å². The van der Waals surface area contributed by atoms with E-state index in [0.717, 1.165) is 27.1 Å². The molecule has 2 aromatic carbocycles. The molecular formula is C14H10Cl2OS. The molecule has 0 N–H and O–H groups in total. The van der Waals surface area contributed by atoms with Crippen molar-refractivity contribution in [1.82, 2.24) is 0 Å². The van der Waals surface area contributed by atoms with Crippen LogP contribution in [0.25, 0.3) is 11.1 Å². The second-order valence-corrected chi connectivity index (χ2v) is 6.65. The Morgan fingerprint density at radius 1 is 1.06 bits per heavy atom. The largest absolute Gasteiger partial charge is 0.254 e. The minimum absolute atomic E-state index is 0.502. The molecule has 3 rings (SSSR count). The van der Waals surface area contributed by atoms with Gasteiger partial charge in [-0.3, -0.25) is 4.21 Å². The molecule has 4 heteroatoms. The molecule has 92 valence electrons. The smallest absolute Gasteiger partial charge is 0.0598 e. The molecule has 1 nitrogen and oxygen atoms in total. The molecule has 0 saturated carbocycles. The summed E-state index contributed by atoms with van der Waals surface area (Å²) < 4.78 is 12.2. The van der Waals surface area contributed by atoms with Crippen LogP contribution in [-0.4, -0.2) is 4.21 Å². The van der Waals surface area contributed by atoms with Gasteiger partial charge in [-0.2, -0.15) is 0 Å². The first-order chi connectivity index (χ1) is 8.56. The van der Waals surface area contributed by atoms with Crippen LogP contribution in [-0.2, 0) is 16.6 Å². The number of halogens is 2. The average molecular weight is 297 g/mol. The van der Waals surface area contributed by atoms with E-state index in [1.807, 2.05) is 31.2 Å². The Morgan fingerprint density at radius 3 is 2.56 bits per heavy atom. The lowest BCUT2D eigenvalue weighted by Crippen LogP contribution is -2.07. The van der Waals surface area contributed by atoms with Crippen LogP contribution in [0.1, 0.15) is 11.1 Å². The molecule has 0 aromatic heterocycles. The molecule has 18 heavy (non-hydrogen) atoms. The van der Waals surface area contributed by atoms with E-state index >= 15 is 0 Å². The Morgan fingerprint density at radius 2 is 1.78 bits per heavy atom. The van der Waals surface area contributed by atoms with Gasteiger partial charge in [-0.25, -0.2) is 0 Å². The number of fused-ring (bicyclic) bond motifs is 3. The van der Waals surface area contributed by atoms with Crippen molar-refractivity contribution in [3.63, 3.8) is 0 Å².